The summed E-state index contributed by atoms with van der Waals surface area (Å²) >= 11 is 2.96. The van der Waals surface area contributed by atoms with Gasteiger partial charge < -0.3 is 5.32 Å². The smallest absolute Gasteiger partial charge is 0.306 e. The number of hydrogen-bond donors (Lipinski definition) is 1. The lowest BCUT2D eigenvalue weighted by Gasteiger charge is -2.21. The maximum atomic E-state index is 13.0. The van der Waals surface area contributed by atoms with Gasteiger partial charge in [0.2, 0.25) is 0 Å². The fourth-order valence-electron chi connectivity index (χ4n) is 1.52. The minimum atomic E-state index is -4.31. The van der Waals surface area contributed by atoms with Gasteiger partial charge in [0.15, 0.2) is 0 Å². The van der Waals surface area contributed by atoms with E-state index in [-0.39, 0.29) is 10.9 Å². The van der Waals surface area contributed by atoms with Crippen LogP contribution in [-0.4, -0.2) is 18.8 Å². The number of alkyl halides is 3. The van der Waals surface area contributed by atoms with Gasteiger partial charge in [-0.1, -0.05) is 13.0 Å². The predicted octanol–water partition coefficient (Wildman–Crippen LogP) is 4.06. The molecule has 0 amide bonds. The van der Waals surface area contributed by atoms with Crippen LogP contribution in [0.1, 0.15) is 18.9 Å². The molecule has 18 heavy (non-hydrogen) atoms. The van der Waals surface area contributed by atoms with Crippen LogP contribution in [0.2, 0.25) is 0 Å². The number of halogens is 5. The summed E-state index contributed by atoms with van der Waals surface area (Å²) in [5.41, 5.74) is 0.439. The first-order valence-electron chi connectivity index (χ1n) is 5.58. The van der Waals surface area contributed by atoms with Crippen molar-refractivity contribution in [3.8, 4) is 0 Å². The Kier molecular flexibility index (Phi) is 5.59. The number of rotatable bonds is 5. The van der Waals surface area contributed by atoms with E-state index in [1.165, 1.54) is 12.1 Å². The van der Waals surface area contributed by atoms with Crippen LogP contribution in [0.4, 0.5) is 17.6 Å². The van der Waals surface area contributed by atoms with Crippen molar-refractivity contribution in [2.75, 3.05) is 6.54 Å². The first-order valence-corrected chi connectivity index (χ1v) is 6.38. The zero-order chi connectivity index (χ0) is 13.8. The summed E-state index contributed by atoms with van der Waals surface area (Å²) in [5.74, 6) is -0.483. The molecule has 0 saturated heterocycles. The summed E-state index contributed by atoms with van der Waals surface area (Å²) in [6, 6.07) is 2.30. The van der Waals surface area contributed by atoms with E-state index in [2.05, 4.69) is 21.2 Å². The van der Waals surface area contributed by atoms with Crippen LogP contribution in [0.5, 0.6) is 0 Å². The summed E-state index contributed by atoms with van der Waals surface area (Å²) in [4.78, 5) is 0. The van der Waals surface area contributed by atoms with Gasteiger partial charge in [0.05, 0.1) is 4.47 Å². The van der Waals surface area contributed by atoms with Crippen LogP contribution in [0, 0.1) is 5.82 Å². The van der Waals surface area contributed by atoms with E-state index in [0.29, 0.717) is 18.5 Å². The molecule has 0 aliphatic rings. The van der Waals surface area contributed by atoms with Gasteiger partial charge in [0, 0.05) is 0 Å². The molecule has 102 valence electrons. The molecule has 6 heteroatoms. The summed E-state index contributed by atoms with van der Waals surface area (Å²) in [7, 11) is 0. The lowest BCUT2D eigenvalue weighted by atomic mass is 10.1. The molecule has 1 aromatic carbocycles. The monoisotopic (exact) mass is 327 g/mol. The Hall–Kier alpha value is -0.620. The average Bonchev–Trinajstić information content (AvgIpc) is 2.27. The Labute approximate surface area is 112 Å². The SMILES string of the molecule is CCCNC(Cc1ccc(F)c(Br)c1)C(F)(F)F. The van der Waals surface area contributed by atoms with Crippen molar-refractivity contribution in [3.05, 3.63) is 34.1 Å². The van der Waals surface area contributed by atoms with Crippen molar-refractivity contribution >= 4 is 15.9 Å². The van der Waals surface area contributed by atoms with Crippen molar-refractivity contribution in [2.45, 2.75) is 32.0 Å². The first-order chi connectivity index (χ1) is 8.34. The Morgan fingerprint density at radius 3 is 2.50 bits per heavy atom. The van der Waals surface area contributed by atoms with Gasteiger partial charge in [-0.3, -0.25) is 0 Å². The second-order valence-electron chi connectivity index (χ2n) is 4.00. The van der Waals surface area contributed by atoms with E-state index in [4.69, 9.17) is 0 Å². The topological polar surface area (TPSA) is 12.0 Å². The van der Waals surface area contributed by atoms with Crippen molar-refractivity contribution in [1.29, 1.82) is 0 Å². The molecule has 0 aromatic heterocycles. The Morgan fingerprint density at radius 2 is 2.00 bits per heavy atom. The molecule has 0 spiro atoms. The van der Waals surface area contributed by atoms with Gasteiger partial charge in [-0.15, -0.1) is 0 Å². The molecular weight excluding hydrogens is 314 g/mol. The van der Waals surface area contributed by atoms with E-state index in [0.717, 1.165) is 6.07 Å². The molecule has 1 aromatic rings. The van der Waals surface area contributed by atoms with Crippen molar-refractivity contribution in [3.63, 3.8) is 0 Å². The summed E-state index contributed by atoms with van der Waals surface area (Å²) < 4.78 is 51.4. The van der Waals surface area contributed by atoms with Crippen LogP contribution >= 0.6 is 15.9 Å². The highest BCUT2D eigenvalue weighted by atomic mass is 79.9. The lowest BCUT2D eigenvalue weighted by molar-refractivity contribution is -0.155. The van der Waals surface area contributed by atoms with Gasteiger partial charge in [-0.2, -0.15) is 13.2 Å². The van der Waals surface area contributed by atoms with Crippen LogP contribution in [-0.2, 0) is 6.42 Å². The highest BCUT2D eigenvalue weighted by Gasteiger charge is 2.38. The van der Waals surface area contributed by atoms with Gasteiger partial charge in [-0.05, 0) is 53.0 Å². The maximum absolute atomic E-state index is 13.0. The van der Waals surface area contributed by atoms with E-state index >= 15 is 0 Å². The maximum Gasteiger partial charge on any atom is 0.404 e. The molecule has 0 heterocycles. The molecule has 1 unspecified atom stereocenters. The van der Waals surface area contributed by atoms with E-state index < -0.39 is 18.0 Å². The molecular formula is C12H14BrF4N. The second-order valence-corrected chi connectivity index (χ2v) is 4.86. The quantitative estimate of drug-likeness (QED) is 0.804. The van der Waals surface area contributed by atoms with Crippen LogP contribution in [0.3, 0.4) is 0 Å². The van der Waals surface area contributed by atoms with Crippen molar-refractivity contribution in [1.82, 2.24) is 5.32 Å². The molecule has 0 fully saturated rings. The standard InChI is InChI=1S/C12H14BrF4N/c1-2-5-18-11(12(15,16)17)7-8-3-4-10(14)9(13)6-8/h3-4,6,11,18H,2,5,7H2,1H3. The van der Waals surface area contributed by atoms with E-state index in [1.54, 1.807) is 6.92 Å². The Bertz CT molecular complexity index is 392. The van der Waals surface area contributed by atoms with Gasteiger partial charge in [-0.25, -0.2) is 4.39 Å². The predicted molar refractivity (Wildman–Crippen MR) is 65.9 cm³/mol. The minimum Gasteiger partial charge on any atom is -0.306 e. The first kappa shape index (κ1) is 15.4. The number of hydrogen-bond acceptors (Lipinski definition) is 1. The summed E-state index contributed by atoms with van der Waals surface area (Å²) in [6.45, 7) is 2.10. The molecule has 1 nitrogen and oxygen atoms in total. The molecule has 1 atom stereocenters. The molecule has 0 aliphatic carbocycles. The minimum absolute atomic E-state index is 0.177. The van der Waals surface area contributed by atoms with Gasteiger partial charge in [0.1, 0.15) is 11.9 Å². The van der Waals surface area contributed by atoms with Crippen LogP contribution in [0.25, 0.3) is 0 Å². The molecule has 0 aliphatic heterocycles. The molecule has 0 saturated carbocycles. The Morgan fingerprint density at radius 1 is 1.33 bits per heavy atom. The van der Waals surface area contributed by atoms with Crippen molar-refractivity contribution in [2.24, 2.45) is 0 Å². The third kappa shape index (κ3) is 4.57. The Balaban J connectivity index is 2.79. The zero-order valence-corrected chi connectivity index (χ0v) is 11.4. The number of nitrogens with one attached hydrogen (secondary N) is 1. The van der Waals surface area contributed by atoms with Gasteiger partial charge in [0.25, 0.3) is 0 Å². The average molecular weight is 328 g/mol. The molecule has 1 rings (SSSR count). The second kappa shape index (κ2) is 6.52. The fourth-order valence-corrected chi connectivity index (χ4v) is 1.95. The molecule has 1 N–H and O–H groups in total. The van der Waals surface area contributed by atoms with Gasteiger partial charge >= 0.3 is 6.18 Å². The highest BCUT2D eigenvalue weighted by Crippen LogP contribution is 2.25. The number of benzene rings is 1. The largest absolute Gasteiger partial charge is 0.404 e. The third-order valence-corrected chi connectivity index (χ3v) is 3.07. The third-order valence-electron chi connectivity index (χ3n) is 2.46. The van der Waals surface area contributed by atoms with Crippen LogP contribution in [0.15, 0.2) is 22.7 Å². The molecule has 0 radical (unpaired) electrons. The van der Waals surface area contributed by atoms with Crippen molar-refractivity contribution < 1.29 is 17.6 Å². The van der Waals surface area contributed by atoms with E-state index in [1.807, 2.05) is 0 Å². The van der Waals surface area contributed by atoms with E-state index in [9.17, 15) is 17.6 Å². The van der Waals surface area contributed by atoms with Crippen LogP contribution < -0.4 is 5.32 Å². The normalized spacial score (nSPS) is 13.7. The lowest BCUT2D eigenvalue weighted by Crippen LogP contribution is -2.44. The fraction of sp³-hybridized carbons (Fsp3) is 0.500. The highest BCUT2D eigenvalue weighted by molar-refractivity contribution is 9.10. The zero-order valence-electron chi connectivity index (χ0n) is 9.82. The molecule has 0 bridgehead atoms. The summed E-state index contributed by atoms with van der Waals surface area (Å²) in [6.07, 6.45) is -3.89. The summed E-state index contributed by atoms with van der Waals surface area (Å²) in [5, 5.41) is 2.46.